The fraction of sp³-hybridized carbons (Fsp3) is 0.714. The monoisotopic (exact) mass is 262 g/mol. The summed E-state index contributed by atoms with van der Waals surface area (Å²) in [7, 11) is 1.16. The van der Waals surface area contributed by atoms with Gasteiger partial charge in [0.1, 0.15) is 0 Å². The molecule has 0 aromatic rings. The lowest BCUT2D eigenvalue weighted by Crippen LogP contribution is -2.66. The van der Waals surface area contributed by atoms with E-state index in [1.807, 2.05) is 0 Å². The predicted molar refractivity (Wildman–Crippen MR) is 41.9 cm³/mol. The van der Waals surface area contributed by atoms with Gasteiger partial charge in [0.25, 0.3) is 11.6 Å². The van der Waals surface area contributed by atoms with E-state index >= 15 is 0 Å². The molecule has 10 heteroatoms. The molecular formula is C7H7F5N2O3. The Morgan fingerprint density at radius 2 is 1.53 bits per heavy atom. The fourth-order valence-corrected chi connectivity index (χ4v) is 1.37. The van der Waals surface area contributed by atoms with Gasteiger partial charge in [0.05, 0.1) is 0 Å². The molecule has 0 spiro atoms. The molecule has 0 saturated carbocycles. The highest BCUT2D eigenvalue weighted by Gasteiger charge is 2.79. The maximum Gasteiger partial charge on any atom is 0.459 e. The summed E-state index contributed by atoms with van der Waals surface area (Å²) in [5.74, 6) is -7.81. The van der Waals surface area contributed by atoms with Crippen LogP contribution in [0.5, 0.6) is 0 Å². The maximum atomic E-state index is 13.1. The van der Waals surface area contributed by atoms with E-state index in [1.54, 1.807) is 0 Å². The first kappa shape index (κ1) is 13.6. The highest BCUT2D eigenvalue weighted by Crippen LogP contribution is 2.47. The largest absolute Gasteiger partial charge is 0.459 e. The predicted octanol–water partition coefficient (Wildman–Crippen LogP) is 0.396. The molecule has 1 rings (SSSR count). The van der Waals surface area contributed by atoms with Crippen LogP contribution in [-0.2, 0) is 4.79 Å². The lowest BCUT2D eigenvalue weighted by atomic mass is 10.0. The highest BCUT2D eigenvalue weighted by atomic mass is 19.4. The Balaban J connectivity index is 3.38. The minimum Gasteiger partial charge on any atom is -0.358 e. The normalized spacial score (nSPS) is 27.1. The van der Waals surface area contributed by atoms with E-state index in [1.165, 1.54) is 0 Å². The number of carbonyl (C=O) groups excluding carboxylic acids is 2. The molecule has 1 aliphatic rings. The van der Waals surface area contributed by atoms with Gasteiger partial charge in [-0.3, -0.25) is 14.6 Å². The van der Waals surface area contributed by atoms with Crippen LogP contribution in [0.3, 0.4) is 0 Å². The van der Waals surface area contributed by atoms with Crippen LogP contribution in [0, 0.1) is 0 Å². The number of aliphatic hydroxyl groups is 1. The van der Waals surface area contributed by atoms with Gasteiger partial charge in [-0.25, -0.2) is 4.79 Å². The van der Waals surface area contributed by atoms with E-state index < -0.39 is 29.8 Å². The van der Waals surface area contributed by atoms with E-state index in [2.05, 4.69) is 0 Å². The third kappa shape index (κ3) is 1.39. The van der Waals surface area contributed by atoms with Gasteiger partial charge >= 0.3 is 18.1 Å². The van der Waals surface area contributed by atoms with E-state index in [9.17, 15) is 36.6 Å². The quantitative estimate of drug-likeness (QED) is 0.549. The molecular weight excluding hydrogens is 255 g/mol. The summed E-state index contributed by atoms with van der Waals surface area (Å²) in [6, 6.07) is -1.46. The van der Waals surface area contributed by atoms with Crippen molar-refractivity contribution in [3.8, 4) is 0 Å². The molecule has 1 atom stereocenters. The number of rotatable bonds is 1. The van der Waals surface area contributed by atoms with Gasteiger partial charge in [-0.15, -0.1) is 0 Å². The third-order valence-corrected chi connectivity index (χ3v) is 2.46. The van der Waals surface area contributed by atoms with Gasteiger partial charge in [0.2, 0.25) is 0 Å². The number of hydrogen-bond donors (Lipinski definition) is 1. The number of urea groups is 1. The molecule has 0 radical (unpaired) electrons. The van der Waals surface area contributed by atoms with Gasteiger partial charge < -0.3 is 5.11 Å². The molecule has 1 fully saturated rings. The zero-order valence-electron chi connectivity index (χ0n) is 8.55. The maximum absolute atomic E-state index is 13.1. The average Bonchev–Trinajstić information content (AvgIpc) is 2.33. The van der Waals surface area contributed by atoms with Crippen LogP contribution in [0.1, 0.15) is 0 Å². The van der Waals surface area contributed by atoms with Crippen LogP contribution in [-0.4, -0.2) is 58.8 Å². The van der Waals surface area contributed by atoms with Crippen molar-refractivity contribution < 1.29 is 36.6 Å². The Morgan fingerprint density at radius 3 is 1.76 bits per heavy atom. The molecule has 1 N–H and O–H groups in total. The molecule has 17 heavy (non-hydrogen) atoms. The van der Waals surface area contributed by atoms with Gasteiger partial charge in [-0.2, -0.15) is 22.0 Å². The van der Waals surface area contributed by atoms with Crippen molar-refractivity contribution in [2.45, 2.75) is 17.8 Å². The molecule has 0 bridgehead atoms. The number of nitrogens with zero attached hydrogens (tertiary/aromatic N) is 2. The van der Waals surface area contributed by atoms with Gasteiger partial charge in [-0.05, 0) is 0 Å². The lowest BCUT2D eigenvalue weighted by Gasteiger charge is -2.34. The van der Waals surface area contributed by atoms with Crippen LogP contribution >= 0.6 is 0 Å². The van der Waals surface area contributed by atoms with Crippen molar-refractivity contribution in [2.75, 3.05) is 14.1 Å². The van der Waals surface area contributed by atoms with E-state index in [0.717, 1.165) is 0 Å². The molecule has 0 aromatic heterocycles. The van der Waals surface area contributed by atoms with Crippen LogP contribution in [0.15, 0.2) is 0 Å². The van der Waals surface area contributed by atoms with Gasteiger partial charge in [0, 0.05) is 14.1 Å². The molecule has 1 heterocycles. The Bertz CT molecular complexity index is 382. The topological polar surface area (TPSA) is 60.9 Å². The summed E-state index contributed by atoms with van der Waals surface area (Å²) >= 11 is 0. The summed E-state index contributed by atoms with van der Waals surface area (Å²) in [4.78, 5) is 21.9. The molecule has 1 aliphatic heterocycles. The summed E-state index contributed by atoms with van der Waals surface area (Å²) in [6.45, 7) is 0. The van der Waals surface area contributed by atoms with E-state index in [0.29, 0.717) is 14.1 Å². The number of amides is 3. The molecule has 1 unspecified atom stereocenters. The molecule has 5 nitrogen and oxygen atoms in total. The summed E-state index contributed by atoms with van der Waals surface area (Å²) in [5, 5.41) is 9.28. The van der Waals surface area contributed by atoms with Crippen molar-refractivity contribution in [1.29, 1.82) is 0 Å². The number of halogens is 5. The average molecular weight is 262 g/mol. The summed E-state index contributed by atoms with van der Waals surface area (Å²) in [6.07, 6.45) is -6.17. The third-order valence-electron chi connectivity index (χ3n) is 2.46. The number of imide groups is 1. The lowest BCUT2D eigenvalue weighted by molar-refractivity contribution is -0.349. The molecule has 98 valence electrons. The Morgan fingerprint density at radius 1 is 1.12 bits per heavy atom. The number of alkyl halides is 5. The van der Waals surface area contributed by atoms with E-state index in [4.69, 9.17) is 0 Å². The first-order chi connectivity index (χ1) is 7.39. The fourth-order valence-electron chi connectivity index (χ4n) is 1.37. The minimum absolute atomic E-state index is 0.0142. The first-order valence-electron chi connectivity index (χ1n) is 4.12. The zero-order chi connectivity index (χ0) is 13.8. The molecule has 0 aromatic carbocycles. The SMILES string of the molecule is CN1C(=O)N(C)C(O)(C(F)(F)C(F)(F)F)C1=O. The number of likely N-dealkylation sites (N-methyl/N-ethyl adjacent to an activating group) is 2. The summed E-state index contributed by atoms with van der Waals surface area (Å²) in [5.41, 5.74) is -4.25. The van der Waals surface area contributed by atoms with E-state index in [-0.39, 0.29) is 9.80 Å². The van der Waals surface area contributed by atoms with Crippen molar-refractivity contribution in [3.63, 3.8) is 0 Å². The smallest absolute Gasteiger partial charge is 0.358 e. The standard InChI is InChI=1S/C7H7F5N2O3/c1-13-3(15)5(17,14(2)4(13)16)6(8,9)7(10,11)12/h17H,1-2H3. The van der Waals surface area contributed by atoms with Crippen molar-refractivity contribution in [1.82, 2.24) is 9.80 Å². The number of carbonyl (C=O) groups is 2. The zero-order valence-corrected chi connectivity index (χ0v) is 8.55. The first-order valence-corrected chi connectivity index (χ1v) is 4.12. The second-order valence-corrected chi connectivity index (χ2v) is 3.45. The minimum atomic E-state index is -6.17. The second-order valence-electron chi connectivity index (χ2n) is 3.45. The van der Waals surface area contributed by atoms with Crippen LogP contribution < -0.4 is 0 Å². The van der Waals surface area contributed by atoms with Crippen molar-refractivity contribution in [3.05, 3.63) is 0 Å². The Labute approximate surface area is 91.4 Å². The molecule has 3 amide bonds. The van der Waals surface area contributed by atoms with Crippen molar-refractivity contribution >= 4 is 11.9 Å². The molecule has 0 aliphatic carbocycles. The molecule has 1 saturated heterocycles. The number of hydrogen-bond acceptors (Lipinski definition) is 3. The highest BCUT2D eigenvalue weighted by molar-refractivity contribution is 6.06. The summed E-state index contributed by atoms with van der Waals surface area (Å²) < 4.78 is 62.4. The van der Waals surface area contributed by atoms with Crippen LogP contribution in [0.2, 0.25) is 0 Å². The Kier molecular flexibility index (Phi) is 2.62. The van der Waals surface area contributed by atoms with Gasteiger partial charge in [0.15, 0.2) is 0 Å². The van der Waals surface area contributed by atoms with Crippen molar-refractivity contribution in [2.24, 2.45) is 0 Å². The van der Waals surface area contributed by atoms with Crippen LogP contribution in [0.25, 0.3) is 0 Å². The second kappa shape index (κ2) is 3.28. The Hall–Kier alpha value is -1.45. The van der Waals surface area contributed by atoms with Gasteiger partial charge in [-0.1, -0.05) is 0 Å². The van der Waals surface area contributed by atoms with Crippen LogP contribution in [0.4, 0.5) is 26.7 Å².